The normalized spacial score (nSPS) is 29.9. The Bertz CT molecular complexity index is 1280. The fourth-order valence-corrected chi connectivity index (χ4v) is 8.61. The van der Waals surface area contributed by atoms with E-state index < -0.39 is 35.1 Å². The number of aliphatic hydroxyl groups is 1. The number of anilines is 1. The van der Waals surface area contributed by atoms with Crippen molar-refractivity contribution < 1.29 is 29.0 Å². The Labute approximate surface area is 268 Å². The number of amides is 3. The Morgan fingerprint density at radius 1 is 1.09 bits per heavy atom. The molecule has 9 heteroatoms. The first-order valence-electron chi connectivity index (χ1n) is 16.8. The predicted molar refractivity (Wildman–Crippen MR) is 174 cm³/mol. The van der Waals surface area contributed by atoms with Gasteiger partial charge in [-0.15, -0.1) is 13.2 Å². The Balaban J connectivity index is 1.58. The van der Waals surface area contributed by atoms with Crippen LogP contribution in [0.15, 0.2) is 49.6 Å². The summed E-state index contributed by atoms with van der Waals surface area (Å²) in [6.07, 6.45) is 9.52. The number of carbonyl (C=O) groups excluding carboxylic acids is 3. The molecule has 9 nitrogen and oxygen atoms in total. The zero-order valence-electron chi connectivity index (χ0n) is 27.5. The van der Waals surface area contributed by atoms with Gasteiger partial charge in [0.2, 0.25) is 17.7 Å². The molecule has 3 amide bonds. The molecule has 4 fully saturated rings. The van der Waals surface area contributed by atoms with Crippen LogP contribution in [0.3, 0.4) is 0 Å². The maximum Gasteiger partial charge on any atom is 0.248 e. The first kappa shape index (κ1) is 33.2. The average molecular weight is 622 g/mol. The SMILES string of the molecule is C=CCN(C(=O)[C@@H]1[C@H]2C(=O)N([C@@H](CO)C(C)C)C(C(=O)N(CC=C)C3CCCCC3)C23CC[C@@]1(C)O3)c1ccc(OCC)cc1. The van der Waals surface area contributed by atoms with Gasteiger partial charge in [-0.25, -0.2) is 0 Å². The van der Waals surface area contributed by atoms with Crippen LogP contribution >= 0.6 is 0 Å². The van der Waals surface area contributed by atoms with Crippen LogP contribution in [0, 0.1) is 17.8 Å². The van der Waals surface area contributed by atoms with Gasteiger partial charge < -0.3 is 29.3 Å². The van der Waals surface area contributed by atoms with Crippen LogP contribution in [0.4, 0.5) is 5.69 Å². The maximum atomic E-state index is 14.9. The van der Waals surface area contributed by atoms with E-state index in [4.69, 9.17) is 9.47 Å². The summed E-state index contributed by atoms with van der Waals surface area (Å²) in [6, 6.07) is 5.86. The molecule has 1 saturated carbocycles. The van der Waals surface area contributed by atoms with Gasteiger partial charge in [-0.3, -0.25) is 14.4 Å². The fraction of sp³-hybridized carbons (Fsp3) is 0.639. The number of aliphatic hydroxyl groups excluding tert-OH is 1. The second-order valence-corrected chi connectivity index (χ2v) is 13.7. The lowest BCUT2D eigenvalue weighted by atomic mass is 9.66. The molecule has 6 atom stereocenters. The van der Waals surface area contributed by atoms with Crippen molar-refractivity contribution in [2.24, 2.45) is 17.8 Å². The first-order valence-corrected chi connectivity index (χ1v) is 16.8. The van der Waals surface area contributed by atoms with Crippen molar-refractivity contribution in [1.82, 2.24) is 9.80 Å². The molecule has 1 aromatic carbocycles. The van der Waals surface area contributed by atoms with Crippen molar-refractivity contribution in [2.45, 2.75) is 102 Å². The number of rotatable bonds is 13. The van der Waals surface area contributed by atoms with Gasteiger partial charge in [0.05, 0.1) is 36.7 Å². The smallest absolute Gasteiger partial charge is 0.248 e. The lowest BCUT2D eigenvalue weighted by molar-refractivity contribution is -0.157. The Kier molecular flexibility index (Phi) is 9.80. The molecule has 1 aromatic rings. The van der Waals surface area contributed by atoms with Gasteiger partial charge in [0, 0.05) is 24.8 Å². The summed E-state index contributed by atoms with van der Waals surface area (Å²) in [4.78, 5) is 49.5. The van der Waals surface area contributed by atoms with Crippen molar-refractivity contribution in [2.75, 3.05) is 31.2 Å². The summed E-state index contributed by atoms with van der Waals surface area (Å²) in [5.74, 6) is -1.74. The minimum atomic E-state index is -1.17. The molecule has 3 aliphatic heterocycles. The van der Waals surface area contributed by atoms with E-state index in [0.717, 1.165) is 32.1 Å². The third-order valence-corrected chi connectivity index (χ3v) is 10.7. The topological polar surface area (TPSA) is 99.6 Å². The zero-order chi connectivity index (χ0) is 32.5. The molecule has 2 bridgehead atoms. The molecule has 1 aliphatic carbocycles. The van der Waals surface area contributed by atoms with E-state index in [2.05, 4.69) is 13.2 Å². The van der Waals surface area contributed by atoms with E-state index in [9.17, 15) is 19.5 Å². The number of nitrogens with zero attached hydrogens (tertiary/aromatic N) is 3. The van der Waals surface area contributed by atoms with Crippen molar-refractivity contribution in [3.8, 4) is 5.75 Å². The van der Waals surface area contributed by atoms with E-state index in [-0.39, 0.29) is 42.8 Å². The van der Waals surface area contributed by atoms with Crippen LogP contribution in [0.5, 0.6) is 5.75 Å². The third-order valence-electron chi connectivity index (χ3n) is 10.7. The molecular weight excluding hydrogens is 570 g/mol. The first-order chi connectivity index (χ1) is 21.6. The average Bonchev–Trinajstić information content (AvgIpc) is 3.60. The highest BCUT2D eigenvalue weighted by Crippen LogP contribution is 2.64. The molecule has 246 valence electrons. The summed E-state index contributed by atoms with van der Waals surface area (Å²) in [6.45, 7) is 16.4. The summed E-state index contributed by atoms with van der Waals surface area (Å²) in [5.41, 5.74) is -1.42. The van der Waals surface area contributed by atoms with Crippen molar-refractivity contribution in [3.05, 3.63) is 49.6 Å². The highest BCUT2D eigenvalue weighted by atomic mass is 16.5. The monoisotopic (exact) mass is 621 g/mol. The van der Waals surface area contributed by atoms with Gasteiger partial charge in [0.15, 0.2) is 0 Å². The van der Waals surface area contributed by atoms with Crippen LogP contribution in [-0.2, 0) is 19.1 Å². The van der Waals surface area contributed by atoms with Crippen LogP contribution in [-0.4, -0.2) is 88.3 Å². The van der Waals surface area contributed by atoms with E-state index in [1.807, 2.05) is 56.9 Å². The molecule has 0 aromatic heterocycles. The van der Waals surface area contributed by atoms with Gasteiger partial charge in [0.1, 0.15) is 17.4 Å². The molecule has 2 unspecified atom stereocenters. The largest absolute Gasteiger partial charge is 0.494 e. The lowest BCUT2D eigenvalue weighted by Crippen LogP contribution is -2.61. The molecule has 45 heavy (non-hydrogen) atoms. The van der Waals surface area contributed by atoms with E-state index in [0.29, 0.717) is 37.4 Å². The predicted octanol–water partition coefficient (Wildman–Crippen LogP) is 4.73. The number of hydrogen-bond acceptors (Lipinski definition) is 6. The molecular formula is C36H51N3O6. The number of likely N-dealkylation sites (tertiary alicyclic amines) is 1. The zero-order valence-corrected chi connectivity index (χ0v) is 27.5. The standard InChI is InChI=1S/C36H51N3O6/c1-7-21-37(26-15-17-27(18-16-26)44-9-3)32(41)29-30-33(42)39(28(23-40)24(4)5)31(36(30)20-19-35(29,6)45-36)34(43)38(22-8-2)25-13-11-10-12-14-25/h7-8,15-18,24-25,28-31,40H,1-2,9-14,19-23H2,3-6H3/t28-,29-,30-,31?,35+,36?/m0/s1. The number of fused-ring (bicyclic) bond motifs is 1. The highest BCUT2D eigenvalue weighted by molar-refractivity contribution is 6.03. The van der Waals surface area contributed by atoms with Crippen LogP contribution in [0.1, 0.15) is 72.6 Å². The molecule has 1 N–H and O–H groups in total. The van der Waals surface area contributed by atoms with Crippen molar-refractivity contribution >= 4 is 23.4 Å². The van der Waals surface area contributed by atoms with E-state index >= 15 is 0 Å². The van der Waals surface area contributed by atoms with Gasteiger partial charge in [-0.1, -0.05) is 45.3 Å². The fourth-order valence-electron chi connectivity index (χ4n) is 8.61. The van der Waals surface area contributed by atoms with Gasteiger partial charge >= 0.3 is 0 Å². The number of benzene rings is 1. The minimum Gasteiger partial charge on any atom is -0.494 e. The number of carbonyl (C=O) groups is 3. The van der Waals surface area contributed by atoms with Crippen LogP contribution < -0.4 is 9.64 Å². The molecule has 1 spiro atoms. The van der Waals surface area contributed by atoms with Gasteiger partial charge in [0.25, 0.3) is 0 Å². The van der Waals surface area contributed by atoms with Crippen molar-refractivity contribution in [1.29, 1.82) is 0 Å². The Morgan fingerprint density at radius 2 is 1.76 bits per heavy atom. The summed E-state index contributed by atoms with van der Waals surface area (Å²) >= 11 is 0. The summed E-state index contributed by atoms with van der Waals surface area (Å²) < 4.78 is 12.5. The summed E-state index contributed by atoms with van der Waals surface area (Å²) in [7, 11) is 0. The second-order valence-electron chi connectivity index (χ2n) is 13.7. The van der Waals surface area contributed by atoms with E-state index in [1.54, 1.807) is 22.0 Å². The third kappa shape index (κ3) is 5.60. The number of ether oxygens (including phenoxy) is 2. The quantitative estimate of drug-likeness (QED) is 0.320. The molecule has 5 rings (SSSR count). The Morgan fingerprint density at radius 3 is 2.33 bits per heavy atom. The number of hydrogen-bond donors (Lipinski definition) is 1. The minimum absolute atomic E-state index is 0.0534. The van der Waals surface area contributed by atoms with Crippen molar-refractivity contribution in [3.63, 3.8) is 0 Å². The Hall–Kier alpha value is -3.17. The highest BCUT2D eigenvalue weighted by Gasteiger charge is 2.79. The summed E-state index contributed by atoms with van der Waals surface area (Å²) in [5, 5.41) is 10.6. The molecule has 3 heterocycles. The lowest BCUT2D eigenvalue weighted by Gasteiger charge is -2.43. The van der Waals surface area contributed by atoms with Gasteiger partial charge in [-0.2, -0.15) is 0 Å². The van der Waals surface area contributed by atoms with Crippen LogP contribution in [0.2, 0.25) is 0 Å². The molecule has 4 aliphatic rings. The second kappa shape index (κ2) is 13.3. The van der Waals surface area contributed by atoms with Gasteiger partial charge in [-0.05, 0) is 69.7 Å². The van der Waals surface area contributed by atoms with E-state index in [1.165, 1.54) is 0 Å². The molecule has 0 radical (unpaired) electrons. The maximum absolute atomic E-state index is 14.9. The molecule has 3 saturated heterocycles. The van der Waals surface area contributed by atoms with Crippen LogP contribution in [0.25, 0.3) is 0 Å².